The highest BCUT2D eigenvalue weighted by Gasteiger charge is 2.37. The Morgan fingerprint density at radius 2 is 1.65 bits per heavy atom. The van der Waals surface area contributed by atoms with Gasteiger partial charge in [0.15, 0.2) is 0 Å². The van der Waals surface area contributed by atoms with Gasteiger partial charge < -0.3 is 4.74 Å². The van der Waals surface area contributed by atoms with E-state index in [0.717, 1.165) is 32.4 Å². The molecule has 4 aromatic carbocycles. The molecule has 1 N–H and O–H groups in total. The molecule has 4 amide bonds. The molecule has 1 heterocycles. The maximum absolute atomic E-state index is 13.5. The SMILES string of the molecule is Cc1cc(C)cc(COc2ccc3ccccc3c2/C=C2\C(=O)NC(=O)N(c3cccc(Cl)c3)C2=O)c1. The third-order valence-electron chi connectivity index (χ3n) is 6.06. The summed E-state index contributed by atoms with van der Waals surface area (Å²) < 4.78 is 6.22. The zero-order valence-corrected chi connectivity index (χ0v) is 21.0. The maximum atomic E-state index is 13.5. The van der Waals surface area contributed by atoms with Crippen molar-refractivity contribution in [1.82, 2.24) is 5.32 Å². The van der Waals surface area contributed by atoms with Crippen LogP contribution >= 0.6 is 11.6 Å². The second-order valence-electron chi connectivity index (χ2n) is 8.92. The minimum atomic E-state index is -0.835. The second kappa shape index (κ2) is 9.91. The number of aryl methyl sites for hydroxylation is 2. The number of benzene rings is 4. The van der Waals surface area contributed by atoms with Crippen molar-refractivity contribution < 1.29 is 19.1 Å². The molecular formula is C30H23ClN2O4. The van der Waals surface area contributed by atoms with Gasteiger partial charge in [-0.15, -0.1) is 0 Å². The fourth-order valence-corrected chi connectivity index (χ4v) is 4.70. The Balaban J connectivity index is 1.58. The Kier molecular flexibility index (Phi) is 6.51. The van der Waals surface area contributed by atoms with Crippen LogP contribution in [0.2, 0.25) is 5.02 Å². The van der Waals surface area contributed by atoms with Crippen LogP contribution in [0.25, 0.3) is 16.8 Å². The molecule has 0 aliphatic carbocycles. The number of amides is 4. The molecule has 6 nitrogen and oxygen atoms in total. The number of barbiturate groups is 1. The number of halogens is 1. The first kappa shape index (κ1) is 24.3. The molecule has 0 unspecified atom stereocenters. The van der Waals surface area contributed by atoms with Gasteiger partial charge in [0.25, 0.3) is 11.8 Å². The van der Waals surface area contributed by atoms with E-state index < -0.39 is 17.8 Å². The molecule has 1 saturated heterocycles. The van der Waals surface area contributed by atoms with Crippen LogP contribution in [0.3, 0.4) is 0 Å². The lowest BCUT2D eigenvalue weighted by molar-refractivity contribution is -0.122. The smallest absolute Gasteiger partial charge is 0.335 e. The molecule has 37 heavy (non-hydrogen) atoms. The Bertz CT molecular complexity index is 1590. The van der Waals surface area contributed by atoms with Crippen molar-refractivity contribution in [2.24, 2.45) is 0 Å². The minimum Gasteiger partial charge on any atom is -0.488 e. The highest BCUT2D eigenvalue weighted by atomic mass is 35.5. The monoisotopic (exact) mass is 510 g/mol. The summed E-state index contributed by atoms with van der Waals surface area (Å²) in [6, 6.07) is 23.1. The molecule has 1 fully saturated rings. The molecule has 0 atom stereocenters. The lowest BCUT2D eigenvalue weighted by Gasteiger charge is -2.26. The second-order valence-corrected chi connectivity index (χ2v) is 9.36. The minimum absolute atomic E-state index is 0.188. The molecule has 7 heteroatoms. The number of ether oxygens (including phenoxy) is 1. The number of imide groups is 2. The highest BCUT2D eigenvalue weighted by molar-refractivity contribution is 6.39. The lowest BCUT2D eigenvalue weighted by atomic mass is 9.99. The molecule has 4 aromatic rings. The average molecular weight is 511 g/mol. The fourth-order valence-electron chi connectivity index (χ4n) is 4.52. The summed E-state index contributed by atoms with van der Waals surface area (Å²) in [5.41, 5.74) is 3.92. The van der Waals surface area contributed by atoms with E-state index >= 15 is 0 Å². The standard InChI is InChI=1S/C30H23ClN2O4/c1-18-12-19(2)14-20(13-18)17-37-27-11-10-21-6-3-4-9-24(21)25(27)16-26-28(34)32-30(36)33(29(26)35)23-8-5-7-22(31)15-23/h3-16H,17H2,1-2H3,(H,32,34,36)/b26-16+. The van der Waals surface area contributed by atoms with Crippen LogP contribution in [0.15, 0.2) is 84.4 Å². The summed E-state index contributed by atoms with van der Waals surface area (Å²) in [7, 11) is 0. The van der Waals surface area contributed by atoms with Crippen molar-refractivity contribution in [2.75, 3.05) is 4.90 Å². The molecular weight excluding hydrogens is 488 g/mol. The predicted molar refractivity (Wildman–Crippen MR) is 145 cm³/mol. The van der Waals surface area contributed by atoms with E-state index in [-0.39, 0.29) is 11.3 Å². The van der Waals surface area contributed by atoms with Gasteiger partial charge >= 0.3 is 6.03 Å². The van der Waals surface area contributed by atoms with E-state index in [4.69, 9.17) is 16.3 Å². The van der Waals surface area contributed by atoms with E-state index in [1.807, 2.05) is 50.2 Å². The Morgan fingerprint density at radius 1 is 0.892 bits per heavy atom. The van der Waals surface area contributed by atoms with Crippen molar-refractivity contribution >= 4 is 52.0 Å². The van der Waals surface area contributed by atoms with E-state index in [1.54, 1.807) is 18.2 Å². The molecule has 0 spiro atoms. The third-order valence-corrected chi connectivity index (χ3v) is 6.30. The van der Waals surface area contributed by atoms with Crippen LogP contribution in [-0.4, -0.2) is 17.8 Å². The zero-order valence-electron chi connectivity index (χ0n) is 20.2. The summed E-state index contributed by atoms with van der Waals surface area (Å²) in [5, 5.41) is 4.34. The lowest BCUT2D eigenvalue weighted by Crippen LogP contribution is -2.54. The van der Waals surface area contributed by atoms with E-state index in [9.17, 15) is 14.4 Å². The molecule has 1 aliphatic rings. The maximum Gasteiger partial charge on any atom is 0.335 e. The first-order chi connectivity index (χ1) is 17.8. The number of fused-ring (bicyclic) bond motifs is 1. The number of urea groups is 1. The van der Waals surface area contributed by atoms with Crippen molar-refractivity contribution in [1.29, 1.82) is 0 Å². The van der Waals surface area contributed by atoms with Crippen molar-refractivity contribution in [3.05, 3.63) is 112 Å². The van der Waals surface area contributed by atoms with Gasteiger partial charge in [-0.2, -0.15) is 0 Å². The molecule has 0 aromatic heterocycles. The van der Waals surface area contributed by atoms with Crippen molar-refractivity contribution in [2.45, 2.75) is 20.5 Å². The number of rotatable bonds is 5. The van der Waals surface area contributed by atoms with Gasteiger partial charge in [-0.1, -0.05) is 77.3 Å². The first-order valence-electron chi connectivity index (χ1n) is 11.7. The van der Waals surface area contributed by atoms with E-state index in [2.05, 4.69) is 23.5 Å². The highest BCUT2D eigenvalue weighted by Crippen LogP contribution is 2.32. The molecule has 1 aliphatic heterocycles. The van der Waals surface area contributed by atoms with Gasteiger partial charge in [0.2, 0.25) is 0 Å². The molecule has 0 bridgehead atoms. The van der Waals surface area contributed by atoms with Gasteiger partial charge in [-0.25, -0.2) is 9.69 Å². The summed E-state index contributed by atoms with van der Waals surface area (Å²) in [4.78, 5) is 39.8. The van der Waals surface area contributed by atoms with Crippen molar-refractivity contribution in [3.63, 3.8) is 0 Å². The van der Waals surface area contributed by atoms with Gasteiger partial charge in [-0.05, 0) is 60.5 Å². The van der Waals surface area contributed by atoms with Gasteiger partial charge in [0.05, 0.1) is 5.69 Å². The van der Waals surface area contributed by atoms with Gasteiger partial charge in [0.1, 0.15) is 17.9 Å². The molecule has 184 valence electrons. The number of carbonyl (C=O) groups excluding carboxylic acids is 3. The summed E-state index contributed by atoms with van der Waals surface area (Å²) in [5.74, 6) is -1.01. The molecule has 5 rings (SSSR count). The van der Waals surface area contributed by atoms with Crippen molar-refractivity contribution in [3.8, 4) is 5.75 Å². The first-order valence-corrected chi connectivity index (χ1v) is 12.1. The van der Waals surface area contributed by atoms with Crippen LogP contribution in [-0.2, 0) is 16.2 Å². The Labute approximate surface area is 219 Å². The molecule has 0 saturated carbocycles. The zero-order chi connectivity index (χ0) is 26.1. The van der Waals surface area contributed by atoms with Crippen LogP contribution in [0.5, 0.6) is 5.75 Å². The van der Waals surface area contributed by atoms with E-state index in [0.29, 0.717) is 22.9 Å². The van der Waals surface area contributed by atoms with E-state index in [1.165, 1.54) is 12.1 Å². The number of nitrogens with zero attached hydrogens (tertiary/aromatic N) is 1. The summed E-state index contributed by atoms with van der Waals surface area (Å²) in [6.45, 7) is 4.37. The van der Waals surface area contributed by atoms with Crippen LogP contribution in [0.1, 0.15) is 22.3 Å². The number of nitrogens with one attached hydrogen (secondary N) is 1. The predicted octanol–water partition coefficient (Wildman–Crippen LogP) is 6.36. The number of carbonyl (C=O) groups is 3. The largest absolute Gasteiger partial charge is 0.488 e. The van der Waals surface area contributed by atoms with Gasteiger partial charge in [0, 0.05) is 10.6 Å². The van der Waals surface area contributed by atoms with Gasteiger partial charge in [-0.3, -0.25) is 14.9 Å². The number of hydrogen-bond acceptors (Lipinski definition) is 4. The van der Waals surface area contributed by atoms with Crippen LogP contribution in [0.4, 0.5) is 10.5 Å². The quantitative estimate of drug-likeness (QED) is 0.250. The number of hydrogen-bond donors (Lipinski definition) is 1. The molecule has 0 radical (unpaired) electrons. The average Bonchev–Trinajstić information content (AvgIpc) is 2.85. The normalized spacial score (nSPS) is 14.8. The fraction of sp³-hybridized carbons (Fsp3) is 0.100. The van der Waals surface area contributed by atoms with Crippen LogP contribution in [0, 0.1) is 13.8 Å². The van der Waals surface area contributed by atoms with Crippen LogP contribution < -0.4 is 15.0 Å². The number of anilines is 1. The Morgan fingerprint density at radius 3 is 2.41 bits per heavy atom. The third kappa shape index (κ3) is 4.97. The topological polar surface area (TPSA) is 75.7 Å². The summed E-state index contributed by atoms with van der Waals surface area (Å²) >= 11 is 6.08. The summed E-state index contributed by atoms with van der Waals surface area (Å²) in [6.07, 6.45) is 1.49. The Hall–Kier alpha value is -4.42.